The zero-order chi connectivity index (χ0) is 16.5. The Balaban J connectivity index is 2.09. The number of carbonyl (C=O) groups is 1. The molecule has 3 nitrogen and oxygen atoms in total. The molecule has 0 aliphatic carbocycles. The largest absolute Gasteiger partial charge is 0.271 e. The summed E-state index contributed by atoms with van der Waals surface area (Å²) in [6.45, 7) is 2.17. The van der Waals surface area contributed by atoms with Crippen LogP contribution in [0.1, 0.15) is 48.5 Å². The topological polar surface area (TPSA) is 41.5 Å². The predicted molar refractivity (Wildman–Crippen MR) is 96.0 cm³/mol. The van der Waals surface area contributed by atoms with Crippen molar-refractivity contribution in [3.05, 3.63) is 70.7 Å². The summed E-state index contributed by atoms with van der Waals surface area (Å²) in [5, 5.41) is 4.95. The molecule has 0 saturated heterocycles. The maximum atomic E-state index is 12.2. The summed E-state index contributed by atoms with van der Waals surface area (Å²) in [5.74, 6) is -0.231. The van der Waals surface area contributed by atoms with Crippen LogP contribution >= 0.6 is 11.6 Å². The molecule has 23 heavy (non-hydrogen) atoms. The minimum absolute atomic E-state index is 0.231. The molecule has 0 bridgehead atoms. The molecule has 0 fully saturated rings. The highest BCUT2D eigenvalue weighted by Gasteiger charge is 2.07. The van der Waals surface area contributed by atoms with E-state index in [1.165, 1.54) is 0 Å². The van der Waals surface area contributed by atoms with Crippen molar-refractivity contribution >= 4 is 23.2 Å². The van der Waals surface area contributed by atoms with Crippen molar-refractivity contribution in [2.24, 2.45) is 5.10 Å². The molecule has 0 saturated carbocycles. The second-order valence-electron chi connectivity index (χ2n) is 5.33. The van der Waals surface area contributed by atoms with Gasteiger partial charge in [0.1, 0.15) is 0 Å². The van der Waals surface area contributed by atoms with E-state index in [0.29, 0.717) is 10.6 Å². The molecule has 0 aliphatic rings. The van der Waals surface area contributed by atoms with Crippen molar-refractivity contribution in [1.82, 2.24) is 5.43 Å². The molecule has 2 aromatic rings. The monoisotopic (exact) mass is 328 g/mol. The number of amides is 1. The van der Waals surface area contributed by atoms with Crippen LogP contribution in [-0.2, 0) is 0 Å². The Morgan fingerprint density at radius 2 is 1.70 bits per heavy atom. The average molecular weight is 329 g/mol. The Labute approximate surface area is 142 Å². The second-order valence-corrected chi connectivity index (χ2v) is 5.77. The number of unbranched alkanes of at least 4 members (excludes halogenated alkanes) is 2. The van der Waals surface area contributed by atoms with Crippen LogP contribution in [-0.4, -0.2) is 11.6 Å². The summed E-state index contributed by atoms with van der Waals surface area (Å²) in [5.41, 5.74) is 5.14. The predicted octanol–water partition coefficient (Wildman–Crippen LogP) is 5.05. The minimum atomic E-state index is -0.231. The van der Waals surface area contributed by atoms with E-state index in [0.717, 1.165) is 37.0 Å². The quantitative estimate of drug-likeness (QED) is 0.431. The van der Waals surface area contributed by atoms with Crippen LogP contribution in [0.5, 0.6) is 0 Å². The maximum Gasteiger partial charge on any atom is 0.271 e. The zero-order valence-corrected chi connectivity index (χ0v) is 14.0. The van der Waals surface area contributed by atoms with Crippen molar-refractivity contribution in [1.29, 1.82) is 0 Å². The van der Waals surface area contributed by atoms with Crippen molar-refractivity contribution in [2.45, 2.75) is 32.6 Å². The van der Waals surface area contributed by atoms with Gasteiger partial charge in [-0.3, -0.25) is 4.79 Å². The van der Waals surface area contributed by atoms with Crippen molar-refractivity contribution in [3.8, 4) is 0 Å². The molecule has 0 aliphatic heterocycles. The van der Waals surface area contributed by atoms with Gasteiger partial charge in [0.05, 0.1) is 5.71 Å². The van der Waals surface area contributed by atoms with Gasteiger partial charge in [-0.05, 0) is 42.7 Å². The fraction of sp³-hybridized carbons (Fsp3) is 0.263. The Hall–Kier alpha value is -2.13. The highest BCUT2D eigenvalue weighted by atomic mass is 35.5. The van der Waals surface area contributed by atoms with Crippen LogP contribution in [0, 0.1) is 0 Å². The Morgan fingerprint density at radius 1 is 1.00 bits per heavy atom. The smallest absolute Gasteiger partial charge is 0.267 e. The van der Waals surface area contributed by atoms with E-state index in [4.69, 9.17) is 11.6 Å². The Kier molecular flexibility index (Phi) is 6.82. The second kappa shape index (κ2) is 9.11. The highest BCUT2D eigenvalue weighted by Crippen LogP contribution is 2.11. The first-order valence-electron chi connectivity index (χ1n) is 7.88. The van der Waals surface area contributed by atoms with Gasteiger partial charge in [0.2, 0.25) is 0 Å². The third-order valence-electron chi connectivity index (χ3n) is 3.52. The molecule has 2 rings (SSSR count). The van der Waals surface area contributed by atoms with Crippen LogP contribution in [0.3, 0.4) is 0 Å². The summed E-state index contributed by atoms with van der Waals surface area (Å²) in [7, 11) is 0. The van der Waals surface area contributed by atoms with Gasteiger partial charge in [0, 0.05) is 10.6 Å². The summed E-state index contributed by atoms with van der Waals surface area (Å²) in [6.07, 6.45) is 4.20. The number of carbonyl (C=O) groups excluding carboxylic acids is 1. The number of hydrogen-bond acceptors (Lipinski definition) is 2. The lowest BCUT2D eigenvalue weighted by Crippen LogP contribution is -2.20. The first-order valence-corrected chi connectivity index (χ1v) is 8.26. The van der Waals surface area contributed by atoms with Crippen LogP contribution in [0.4, 0.5) is 0 Å². The number of nitrogens with zero attached hydrogens (tertiary/aromatic N) is 1. The molecule has 0 aromatic heterocycles. The van der Waals surface area contributed by atoms with Gasteiger partial charge in [0.25, 0.3) is 5.91 Å². The number of nitrogens with one attached hydrogen (secondary N) is 1. The molecule has 0 unspecified atom stereocenters. The first kappa shape index (κ1) is 17.2. The van der Waals surface area contributed by atoms with E-state index < -0.39 is 0 Å². The fourth-order valence-electron chi connectivity index (χ4n) is 2.22. The lowest BCUT2D eigenvalue weighted by atomic mass is 10.0. The normalized spacial score (nSPS) is 11.3. The number of rotatable bonds is 7. The van der Waals surface area contributed by atoms with Gasteiger partial charge in [-0.15, -0.1) is 0 Å². The van der Waals surface area contributed by atoms with E-state index in [1.807, 2.05) is 30.3 Å². The van der Waals surface area contributed by atoms with Gasteiger partial charge in [-0.1, -0.05) is 61.7 Å². The number of halogens is 1. The van der Waals surface area contributed by atoms with E-state index >= 15 is 0 Å². The van der Waals surface area contributed by atoms with Crippen LogP contribution in [0.15, 0.2) is 59.7 Å². The molecule has 1 amide bonds. The van der Waals surface area contributed by atoms with Gasteiger partial charge < -0.3 is 0 Å². The average Bonchev–Trinajstić information content (AvgIpc) is 2.59. The highest BCUT2D eigenvalue weighted by molar-refractivity contribution is 6.30. The van der Waals surface area contributed by atoms with Gasteiger partial charge in [0.15, 0.2) is 0 Å². The SMILES string of the molecule is CCCCCC(=NNC(=O)c1ccc(Cl)cc1)c1ccccc1. The van der Waals surface area contributed by atoms with Crippen LogP contribution in [0.2, 0.25) is 5.02 Å². The Bertz CT molecular complexity index is 651. The number of hydrogen-bond donors (Lipinski definition) is 1. The van der Waals surface area contributed by atoms with Crippen molar-refractivity contribution < 1.29 is 4.79 Å². The van der Waals surface area contributed by atoms with Crippen LogP contribution in [0.25, 0.3) is 0 Å². The summed E-state index contributed by atoms with van der Waals surface area (Å²) in [6, 6.07) is 16.7. The third kappa shape index (κ3) is 5.53. The molecule has 0 spiro atoms. The molecule has 4 heteroatoms. The molecular formula is C19H21ClN2O. The van der Waals surface area contributed by atoms with Crippen molar-refractivity contribution in [2.75, 3.05) is 0 Å². The summed E-state index contributed by atoms with van der Waals surface area (Å²) >= 11 is 5.84. The first-order chi connectivity index (χ1) is 11.2. The summed E-state index contributed by atoms with van der Waals surface area (Å²) < 4.78 is 0. The van der Waals surface area contributed by atoms with E-state index in [1.54, 1.807) is 24.3 Å². The van der Waals surface area contributed by atoms with E-state index in [2.05, 4.69) is 17.5 Å². The fourth-order valence-corrected chi connectivity index (χ4v) is 2.35. The van der Waals surface area contributed by atoms with Crippen LogP contribution < -0.4 is 5.43 Å². The van der Waals surface area contributed by atoms with Gasteiger partial charge >= 0.3 is 0 Å². The molecule has 2 aromatic carbocycles. The van der Waals surface area contributed by atoms with E-state index in [9.17, 15) is 4.79 Å². The molecule has 120 valence electrons. The molecule has 0 heterocycles. The summed E-state index contributed by atoms with van der Waals surface area (Å²) in [4.78, 5) is 12.2. The zero-order valence-electron chi connectivity index (χ0n) is 13.3. The Morgan fingerprint density at radius 3 is 2.35 bits per heavy atom. The molecule has 0 atom stereocenters. The number of hydrazone groups is 1. The van der Waals surface area contributed by atoms with Crippen molar-refractivity contribution in [3.63, 3.8) is 0 Å². The third-order valence-corrected chi connectivity index (χ3v) is 3.77. The molecular weight excluding hydrogens is 308 g/mol. The maximum absolute atomic E-state index is 12.2. The van der Waals surface area contributed by atoms with Gasteiger partial charge in [-0.2, -0.15) is 5.10 Å². The van der Waals surface area contributed by atoms with Gasteiger partial charge in [-0.25, -0.2) is 5.43 Å². The minimum Gasteiger partial charge on any atom is -0.267 e. The number of benzene rings is 2. The molecule has 1 N–H and O–H groups in total. The van der Waals surface area contributed by atoms with E-state index in [-0.39, 0.29) is 5.91 Å². The lowest BCUT2D eigenvalue weighted by Gasteiger charge is -2.07. The standard InChI is InChI=1S/C19H21ClN2O/c1-2-3-5-10-18(15-8-6-4-7-9-15)21-22-19(23)16-11-13-17(20)14-12-16/h4,6-9,11-14H,2-3,5,10H2,1H3,(H,22,23). The molecule has 0 radical (unpaired) electrons. The lowest BCUT2D eigenvalue weighted by molar-refractivity contribution is 0.0955.